The molecule has 0 aromatic carbocycles. The summed E-state index contributed by atoms with van der Waals surface area (Å²) in [6, 6.07) is 0.503. The van der Waals surface area contributed by atoms with E-state index >= 15 is 0 Å². The molecule has 13 heavy (non-hydrogen) atoms. The first kappa shape index (κ1) is 10.3. The fraction of sp³-hybridized carbons (Fsp3) is 0.700. The van der Waals surface area contributed by atoms with Gasteiger partial charge in [-0.25, -0.2) is 4.98 Å². The maximum Gasteiger partial charge on any atom is 0.106 e. The summed E-state index contributed by atoms with van der Waals surface area (Å²) < 4.78 is 2.20. The van der Waals surface area contributed by atoms with Gasteiger partial charge in [-0.2, -0.15) is 0 Å². The summed E-state index contributed by atoms with van der Waals surface area (Å²) in [6.45, 7) is 10.4. The van der Waals surface area contributed by atoms with Gasteiger partial charge in [-0.3, -0.25) is 0 Å². The third-order valence-electron chi connectivity index (χ3n) is 2.08. The van der Waals surface area contributed by atoms with Crippen LogP contribution >= 0.6 is 0 Å². The van der Waals surface area contributed by atoms with Gasteiger partial charge in [0.2, 0.25) is 0 Å². The highest BCUT2D eigenvalue weighted by Gasteiger charge is 2.05. The number of nitrogens with one attached hydrogen (secondary N) is 1. The molecule has 0 unspecified atom stereocenters. The van der Waals surface area contributed by atoms with E-state index in [1.165, 1.54) is 0 Å². The Kier molecular flexibility index (Phi) is 3.48. The van der Waals surface area contributed by atoms with Crippen molar-refractivity contribution in [3.63, 3.8) is 0 Å². The van der Waals surface area contributed by atoms with Gasteiger partial charge < -0.3 is 9.88 Å². The minimum absolute atomic E-state index is 0.503. The van der Waals surface area contributed by atoms with Crippen molar-refractivity contribution in [1.82, 2.24) is 14.9 Å². The first-order valence-electron chi connectivity index (χ1n) is 4.90. The molecule has 3 heteroatoms. The third kappa shape index (κ3) is 2.56. The Morgan fingerprint density at radius 1 is 1.54 bits per heavy atom. The van der Waals surface area contributed by atoms with Crippen molar-refractivity contribution < 1.29 is 0 Å². The molecular formula is C10H19N3. The second-order valence-corrected chi connectivity index (χ2v) is 3.56. The van der Waals surface area contributed by atoms with Gasteiger partial charge >= 0.3 is 0 Å². The molecule has 74 valence electrons. The summed E-state index contributed by atoms with van der Waals surface area (Å²) in [7, 11) is 0. The Morgan fingerprint density at radius 3 is 2.69 bits per heavy atom. The number of imidazole rings is 1. The Bertz CT molecular complexity index is 263. The van der Waals surface area contributed by atoms with Crippen LogP contribution in [0.4, 0.5) is 0 Å². The zero-order valence-electron chi connectivity index (χ0n) is 8.96. The average Bonchev–Trinajstić information content (AvgIpc) is 2.43. The molecule has 0 aliphatic heterocycles. The molecule has 1 aromatic heterocycles. The lowest BCUT2D eigenvalue weighted by Gasteiger charge is -2.07. The number of aromatic nitrogens is 2. The van der Waals surface area contributed by atoms with Crippen LogP contribution in [0.5, 0.6) is 0 Å². The van der Waals surface area contributed by atoms with Gasteiger partial charge in [0.25, 0.3) is 0 Å². The molecule has 0 bridgehead atoms. The molecule has 0 aliphatic carbocycles. The van der Waals surface area contributed by atoms with E-state index in [0.29, 0.717) is 6.04 Å². The number of aryl methyl sites for hydroxylation is 1. The predicted octanol–water partition coefficient (Wildman–Crippen LogP) is 1.88. The molecule has 1 N–H and O–H groups in total. The predicted molar refractivity (Wildman–Crippen MR) is 54.7 cm³/mol. The van der Waals surface area contributed by atoms with Crippen molar-refractivity contribution in [1.29, 1.82) is 0 Å². The van der Waals surface area contributed by atoms with Crippen molar-refractivity contribution in [3.8, 4) is 0 Å². The number of hydrogen-bond acceptors (Lipinski definition) is 2. The summed E-state index contributed by atoms with van der Waals surface area (Å²) in [5, 5.41) is 3.27. The van der Waals surface area contributed by atoms with Crippen LogP contribution in [0.3, 0.4) is 0 Å². The lowest BCUT2D eigenvalue weighted by molar-refractivity contribution is 0.582. The monoisotopic (exact) mass is 181 g/mol. The minimum Gasteiger partial charge on any atom is -0.332 e. The summed E-state index contributed by atoms with van der Waals surface area (Å²) >= 11 is 0. The smallest absolute Gasteiger partial charge is 0.106 e. The molecule has 1 rings (SSSR count). The zero-order valence-corrected chi connectivity index (χ0v) is 8.96. The van der Waals surface area contributed by atoms with Gasteiger partial charge in [-0.1, -0.05) is 6.92 Å². The fourth-order valence-electron chi connectivity index (χ4n) is 1.41. The van der Waals surface area contributed by atoms with E-state index in [4.69, 9.17) is 0 Å². The molecule has 1 heterocycles. The van der Waals surface area contributed by atoms with E-state index in [1.54, 1.807) is 0 Å². The largest absolute Gasteiger partial charge is 0.332 e. The maximum absolute atomic E-state index is 4.47. The molecule has 0 atom stereocenters. The topological polar surface area (TPSA) is 29.9 Å². The molecule has 0 amide bonds. The molecule has 0 aliphatic rings. The van der Waals surface area contributed by atoms with Crippen molar-refractivity contribution in [2.75, 3.05) is 6.54 Å². The van der Waals surface area contributed by atoms with Crippen LogP contribution in [-0.2, 0) is 6.54 Å². The minimum atomic E-state index is 0.503. The molecule has 0 fully saturated rings. The van der Waals surface area contributed by atoms with E-state index in [2.05, 4.69) is 48.8 Å². The van der Waals surface area contributed by atoms with E-state index in [0.717, 1.165) is 24.6 Å². The first-order valence-corrected chi connectivity index (χ1v) is 4.90. The molecular weight excluding hydrogens is 162 g/mol. The highest BCUT2D eigenvalue weighted by Crippen LogP contribution is 2.09. The van der Waals surface area contributed by atoms with E-state index in [1.807, 2.05) is 0 Å². The molecule has 0 radical (unpaired) electrons. The molecule has 0 saturated heterocycles. The van der Waals surface area contributed by atoms with Crippen LogP contribution in [0, 0.1) is 6.92 Å². The highest BCUT2D eigenvalue weighted by molar-refractivity contribution is 5.03. The summed E-state index contributed by atoms with van der Waals surface area (Å²) in [4.78, 5) is 4.47. The SMILES string of the molecule is CCNCc1cn(C(C)C)c(C)n1. The lowest BCUT2D eigenvalue weighted by Crippen LogP contribution is -2.11. The number of nitrogens with zero attached hydrogens (tertiary/aromatic N) is 2. The summed E-state index contributed by atoms with van der Waals surface area (Å²) in [5.74, 6) is 1.10. The van der Waals surface area contributed by atoms with Crippen LogP contribution in [0.25, 0.3) is 0 Å². The van der Waals surface area contributed by atoms with Crippen molar-refractivity contribution in [2.45, 2.75) is 40.3 Å². The normalized spacial score (nSPS) is 11.2. The number of rotatable bonds is 4. The Labute approximate surface area is 80.2 Å². The second-order valence-electron chi connectivity index (χ2n) is 3.56. The first-order chi connectivity index (χ1) is 6.15. The Hall–Kier alpha value is -0.830. The molecule has 1 aromatic rings. The zero-order chi connectivity index (χ0) is 9.84. The molecule has 3 nitrogen and oxygen atoms in total. The standard InChI is InChI=1S/C10H19N3/c1-5-11-6-10-7-13(8(2)3)9(4)12-10/h7-8,11H,5-6H2,1-4H3. The van der Waals surface area contributed by atoms with Gasteiger partial charge in [-0.05, 0) is 27.3 Å². The van der Waals surface area contributed by atoms with Crippen LogP contribution in [0.2, 0.25) is 0 Å². The third-order valence-corrected chi connectivity index (χ3v) is 2.08. The summed E-state index contributed by atoms with van der Waals surface area (Å²) in [5.41, 5.74) is 1.13. The molecule has 0 spiro atoms. The van der Waals surface area contributed by atoms with Crippen molar-refractivity contribution >= 4 is 0 Å². The van der Waals surface area contributed by atoms with E-state index < -0.39 is 0 Å². The lowest BCUT2D eigenvalue weighted by atomic mass is 10.4. The highest BCUT2D eigenvalue weighted by atomic mass is 15.1. The molecule has 0 saturated carbocycles. The van der Waals surface area contributed by atoms with Gasteiger partial charge in [0, 0.05) is 18.8 Å². The van der Waals surface area contributed by atoms with Crippen LogP contribution in [0.15, 0.2) is 6.20 Å². The van der Waals surface area contributed by atoms with Gasteiger partial charge in [0.05, 0.1) is 5.69 Å². The fourth-order valence-corrected chi connectivity index (χ4v) is 1.41. The number of hydrogen-bond donors (Lipinski definition) is 1. The van der Waals surface area contributed by atoms with Crippen molar-refractivity contribution in [2.24, 2.45) is 0 Å². The van der Waals surface area contributed by atoms with Gasteiger partial charge in [0.1, 0.15) is 5.82 Å². The quantitative estimate of drug-likeness (QED) is 0.768. The Morgan fingerprint density at radius 2 is 2.23 bits per heavy atom. The van der Waals surface area contributed by atoms with Crippen LogP contribution in [-0.4, -0.2) is 16.1 Å². The van der Waals surface area contributed by atoms with Gasteiger partial charge in [0.15, 0.2) is 0 Å². The van der Waals surface area contributed by atoms with Crippen molar-refractivity contribution in [3.05, 3.63) is 17.7 Å². The average molecular weight is 181 g/mol. The maximum atomic E-state index is 4.47. The van der Waals surface area contributed by atoms with E-state index in [-0.39, 0.29) is 0 Å². The van der Waals surface area contributed by atoms with Crippen LogP contribution < -0.4 is 5.32 Å². The second kappa shape index (κ2) is 4.42. The van der Waals surface area contributed by atoms with E-state index in [9.17, 15) is 0 Å². The summed E-state index contributed by atoms with van der Waals surface area (Å²) in [6.07, 6.45) is 2.13. The van der Waals surface area contributed by atoms with Gasteiger partial charge in [-0.15, -0.1) is 0 Å². The Balaban J connectivity index is 2.71. The van der Waals surface area contributed by atoms with Crippen LogP contribution in [0.1, 0.15) is 38.3 Å².